The van der Waals surface area contributed by atoms with Gasteiger partial charge in [-0.05, 0) is 42.6 Å². The smallest absolute Gasteiger partial charge is 0.244 e. The SMILES string of the molecule is O=C(Cc1ccccc1)NN=C[C@@H]1C[C@H]2CC[C@@H]1C2. The van der Waals surface area contributed by atoms with Crippen LogP contribution >= 0.6 is 0 Å². The summed E-state index contributed by atoms with van der Waals surface area (Å²) in [5.74, 6) is 2.29. The Balaban J connectivity index is 1.46. The molecule has 3 rings (SSSR count). The monoisotopic (exact) mass is 256 g/mol. The molecule has 0 unspecified atom stereocenters. The summed E-state index contributed by atoms with van der Waals surface area (Å²) in [7, 11) is 0. The minimum absolute atomic E-state index is 0.0365. The number of hydrazone groups is 1. The number of carbonyl (C=O) groups excluding carboxylic acids is 1. The van der Waals surface area contributed by atoms with Gasteiger partial charge in [-0.3, -0.25) is 4.79 Å². The van der Waals surface area contributed by atoms with Gasteiger partial charge in [-0.1, -0.05) is 36.8 Å². The zero-order valence-corrected chi connectivity index (χ0v) is 11.1. The number of amides is 1. The van der Waals surface area contributed by atoms with Crippen LogP contribution in [0.1, 0.15) is 31.2 Å². The Morgan fingerprint density at radius 1 is 1.26 bits per heavy atom. The molecule has 2 aliphatic rings. The third kappa shape index (κ3) is 3.03. The molecule has 0 heterocycles. The molecule has 2 bridgehead atoms. The van der Waals surface area contributed by atoms with Crippen molar-refractivity contribution in [2.75, 3.05) is 0 Å². The molecular formula is C16H20N2O. The first-order valence-electron chi connectivity index (χ1n) is 7.17. The number of fused-ring (bicyclic) bond motifs is 2. The van der Waals surface area contributed by atoms with Gasteiger partial charge in [0.2, 0.25) is 5.91 Å². The first kappa shape index (κ1) is 12.4. The van der Waals surface area contributed by atoms with Crippen LogP contribution < -0.4 is 5.43 Å². The summed E-state index contributed by atoms with van der Waals surface area (Å²) in [6, 6.07) is 9.76. The average Bonchev–Trinajstić information content (AvgIpc) is 3.02. The number of hydrogen-bond acceptors (Lipinski definition) is 2. The van der Waals surface area contributed by atoms with Gasteiger partial charge in [0, 0.05) is 6.21 Å². The Kier molecular flexibility index (Phi) is 3.62. The third-order valence-electron chi connectivity index (χ3n) is 4.46. The van der Waals surface area contributed by atoms with Gasteiger partial charge in [-0.2, -0.15) is 5.10 Å². The van der Waals surface area contributed by atoms with Crippen molar-refractivity contribution in [1.82, 2.24) is 5.43 Å². The molecular weight excluding hydrogens is 236 g/mol. The molecule has 0 saturated heterocycles. The van der Waals surface area contributed by atoms with Crippen LogP contribution in [0.25, 0.3) is 0 Å². The highest BCUT2D eigenvalue weighted by Crippen LogP contribution is 2.47. The molecule has 1 amide bonds. The second-order valence-electron chi connectivity index (χ2n) is 5.81. The number of rotatable bonds is 4. The van der Waals surface area contributed by atoms with Crippen molar-refractivity contribution < 1.29 is 4.79 Å². The Morgan fingerprint density at radius 3 is 2.79 bits per heavy atom. The molecule has 0 aromatic heterocycles. The first-order valence-corrected chi connectivity index (χ1v) is 7.17. The van der Waals surface area contributed by atoms with Crippen LogP contribution in [-0.2, 0) is 11.2 Å². The highest BCUT2D eigenvalue weighted by Gasteiger charge is 2.38. The molecule has 1 aromatic carbocycles. The molecule has 1 N–H and O–H groups in total. The molecule has 0 radical (unpaired) electrons. The van der Waals surface area contributed by atoms with E-state index in [-0.39, 0.29) is 5.91 Å². The molecule has 2 fully saturated rings. The summed E-state index contributed by atoms with van der Waals surface area (Å²) in [6.45, 7) is 0. The molecule has 2 saturated carbocycles. The minimum Gasteiger partial charge on any atom is -0.273 e. The van der Waals surface area contributed by atoms with Crippen molar-refractivity contribution in [3.63, 3.8) is 0 Å². The van der Waals surface area contributed by atoms with E-state index < -0.39 is 0 Å². The zero-order valence-electron chi connectivity index (χ0n) is 11.1. The second-order valence-corrected chi connectivity index (χ2v) is 5.81. The van der Waals surface area contributed by atoms with E-state index in [1.807, 2.05) is 36.5 Å². The van der Waals surface area contributed by atoms with Crippen molar-refractivity contribution in [2.45, 2.75) is 32.1 Å². The van der Waals surface area contributed by atoms with Gasteiger partial charge in [0.05, 0.1) is 6.42 Å². The first-order chi connectivity index (χ1) is 9.31. The summed E-state index contributed by atoms with van der Waals surface area (Å²) in [5, 5.41) is 4.14. The lowest BCUT2D eigenvalue weighted by Crippen LogP contribution is -2.21. The van der Waals surface area contributed by atoms with Gasteiger partial charge in [0.15, 0.2) is 0 Å². The maximum absolute atomic E-state index is 11.7. The van der Waals surface area contributed by atoms with Crippen molar-refractivity contribution >= 4 is 12.1 Å². The molecule has 2 aliphatic carbocycles. The van der Waals surface area contributed by atoms with E-state index in [2.05, 4.69) is 10.5 Å². The average molecular weight is 256 g/mol. The second kappa shape index (κ2) is 5.55. The predicted octanol–water partition coefficient (Wildman–Crippen LogP) is 2.77. The Morgan fingerprint density at radius 2 is 2.11 bits per heavy atom. The fourth-order valence-electron chi connectivity index (χ4n) is 3.50. The summed E-state index contributed by atoms with van der Waals surface area (Å²) in [6.07, 6.45) is 7.74. The van der Waals surface area contributed by atoms with Crippen LogP contribution in [0.2, 0.25) is 0 Å². The Hall–Kier alpha value is -1.64. The van der Waals surface area contributed by atoms with Gasteiger partial charge in [-0.15, -0.1) is 0 Å². The van der Waals surface area contributed by atoms with E-state index in [1.54, 1.807) is 0 Å². The Labute approximate surface area is 114 Å². The summed E-state index contributed by atoms with van der Waals surface area (Å²) in [4.78, 5) is 11.7. The van der Waals surface area contributed by atoms with E-state index in [9.17, 15) is 4.79 Å². The molecule has 0 spiro atoms. The Bertz CT molecular complexity index is 469. The molecule has 19 heavy (non-hydrogen) atoms. The van der Waals surface area contributed by atoms with Gasteiger partial charge in [-0.25, -0.2) is 5.43 Å². The quantitative estimate of drug-likeness (QED) is 0.653. The standard InChI is InChI=1S/C16H20N2O/c19-16(10-12-4-2-1-3-5-12)18-17-11-15-9-13-6-7-14(15)8-13/h1-5,11,13-15H,6-10H2,(H,18,19)/t13-,14+,15-/m0/s1. The topological polar surface area (TPSA) is 41.5 Å². The van der Waals surface area contributed by atoms with Crippen LogP contribution in [0.4, 0.5) is 0 Å². The highest BCUT2D eigenvalue weighted by molar-refractivity contribution is 5.79. The fourth-order valence-corrected chi connectivity index (χ4v) is 3.50. The largest absolute Gasteiger partial charge is 0.273 e. The molecule has 0 aliphatic heterocycles. The maximum atomic E-state index is 11.7. The van der Waals surface area contributed by atoms with E-state index in [4.69, 9.17) is 0 Å². The maximum Gasteiger partial charge on any atom is 0.244 e. The fraction of sp³-hybridized carbons (Fsp3) is 0.500. The highest BCUT2D eigenvalue weighted by atomic mass is 16.2. The lowest BCUT2D eigenvalue weighted by Gasteiger charge is -2.16. The summed E-state index contributed by atoms with van der Waals surface area (Å²) >= 11 is 0. The third-order valence-corrected chi connectivity index (χ3v) is 4.46. The van der Waals surface area contributed by atoms with Crippen LogP contribution in [0, 0.1) is 17.8 Å². The van der Waals surface area contributed by atoms with Gasteiger partial charge >= 0.3 is 0 Å². The zero-order chi connectivity index (χ0) is 13.1. The van der Waals surface area contributed by atoms with Crippen molar-refractivity contribution in [3.8, 4) is 0 Å². The van der Waals surface area contributed by atoms with Crippen molar-refractivity contribution in [2.24, 2.45) is 22.9 Å². The van der Waals surface area contributed by atoms with Gasteiger partial charge in [0.25, 0.3) is 0 Å². The molecule has 1 aromatic rings. The van der Waals surface area contributed by atoms with Crippen LogP contribution in [-0.4, -0.2) is 12.1 Å². The van der Waals surface area contributed by atoms with Crippen LogP contribution in [0.3, 0.4) is 0 Å². The van der Waals surface area contributed by atoms with Crippen LogP contribution in [0.5, 0.6) is 0 Å². The van der Waals surface area contributed by atoms with E-state index in [0.717, 1.165) is 17.4 Å². The predicted molar refractivity (Wildman–Crippen MR) is 75.7 cm³/mol. The molecule has 3 nitrogen and oxygen atoms in total. The molecule has 100 valence electrons. The lowest BCUT2D eigenvalue weighted by molar-refractivity contribution is -0.120. The van der Waals surface area contributed by atoms with Crippen molar-refractivity contribution in [3.05, 3.63) is 35.9 Å². The van der Waals surface area contributed by atoms with Gasteiger partial charge in [0.1, 0.15) is 0 Å². The molecule has 3 heteroatoms. The van der Waals surface area contributed by atoms with Gasteiger partial charge < -0.3 is 0 Å². The lowest BCUT2D eigenvalue weighted by atomic mass is 9.90. The normalized spacial score (nSPS) is 28.9. The number of nitrogens with one attached hydrogen (secondary N) is 1. The van der Waals surface area contributed by atoms with E-state index in [1.165, 1.54) is 25.7 Å². The summed E-state index contributed by atoms with van der Waals surface area (Å²) < 4.78 is 0. The van der Waals surface area contributed by atoms with Crippen LogP contribution in [0.15, 0.2) is 35.4 Å². The number of carbonyl (C=O) groups is 1. The van der Waals surface area contributed by atoms with E-state index >= 15 is 0 Å². The number of nitrogens with zero attached hydrogens (tertiary/aromatic N) is 1. The summed E-state index contributed by atoms with van der Waals surface area (Å²) in [5.41, 5.74) is 3.67. The van der Waals surface area contributed by atoms with E-state index in [0.29, 0.717) is 12.3 Å². The molecule has 3 atom stereocenters. The number of hydrogen-bond donors (Lipinski definition) is 1. The number of benzene rings is 1. The van der Waals surface area contributed by atoms with Crippen molar-refractivity contribution in [1.29, 1.82) is 0 Å². The minimum atomic E-state index is -0.0365.